The van der Waals surface area contributed by atoms with Gasteiger partial charge in [-0.25, -0.2) is 27.9 Å². The molecule has 8 heteroatoms. The van der Waals surface area contributed by atoms with Crippen molar-refractivity contribution in [2.75, 3.05) is 0 Å². The van der Waals surface area contributed by atoms with Gasteiger partial charge in [0.25, 0.3) is 6.43 Å². The highest BCUT2D eigenvalue weighted by Gasteiger charge is 2.20. The van der Waals surface area contributed by atoms with Crippen LogP contribution in [0.4, 0.5) is 8.78 Å². The van der Waals surface area contributed by atoms with Gasteiger partial charge in [-0.3, -0.25) is 0 Å². The summed E-state index contributed by atoms with van der Waals surface area (Å²) in [6.07, 6.45) is -0.479. The molecule has 0 saturated heterocycles. The van der Waals surface area contributed by atoms with Crippen molar-refractivity contribution in [2.45, 2.75) is 26.8 Å². The molecule has 0 aliphatic rings. The molecule has 2 heterocycles. The molecule has 2 aromatic heterocycles. The van der Waals surface area contributed by atoms with Gasteiger partial charge < -0.3 is 4.42 Å². The average molecular weight is 320 g/mol. The second kappa shape index (κ2) is 5.79. The number of nitrogens with zero attached hydrogens (tertiary/aromatic N) is 4. The van der Waals surface area contributed by atoms with Crippen LogP contribution in [0, 0.1) is 13.8 Å². The maximum atomic E-state index is 12.9. The van der Waals surface area contributed by atoms with E-state index in [1.807, 2.05) is 32.0 Å². The molecule has 0 atom stereocenters. The van der Waals surface area contributed by atoms with Gasteiger partial charge in [0.1, 0.15) is 12.0 Å². The predicted octanol–water partition coefficient (Wildman–Crippen LogP) is 2.62. The predicted molar refractivity (Wildman–Crippen MR) is 77.9 cm³/mol. The van der Waals surface area contributed by atoms with E-state index < -0.39 is 17.9 Å². The van der Waals surface area contributed by atoms with Crippen molar-refractivity contribution >= 4 is 0 Å². The fourth-order valence-electron chi connectivity index (χ4n) is 2.34. The van der Waals surface area contributed by atoms with Gasteiger partial charge in [0.05, 0.1) is 12.2 Å². The summed E-state index contributed by atoms with van der Waals surface area (Å²) < 4.78 is 33.2. The molecule has 0 amide bonds. The molecule has 0 unspecified atom stereocenters. The van der Waals surface area contributed by atoms with E-state index in [2.05, 4.69) is 9.97 Å². The standard InChI is InChI=1S/C15H14F2N4O2/c1-9-3-4-10(2)12(5-9)21-7-18-15(22)20(21)6-11-13(14(16)17)23-8-19-11/h3-5,7-8,14H,6H2,1-2H3. The van der Waals surface area contributed by atoms with E-state index in [1.54, 1.807) is 0 Å². The lowest BCUT2D eigenvalue weighted by molar-refractivity contribution is 0.120. The Hall–Kier alpha value is -2.77. The number of aryl methyl sites for hydroxylation is 2. The molecule has 0 fully saturated rings. The van der Waals surface area contributed by atoms with Gasteiger partial charge in [-0.05, 0) is 31.0 Å². The first-order valence-electron chi connectivity index (χ1n) is 6.90. The van der Waals surface area contributed by atoms with Crippen molar-refractivity contribution in [3.63, 3.8) is 0 Å². The summed E-state index contributed by atoms with van der Waals surface area (Å²) in [5.41, 5.74) is 2.15. The van der Waals surface area contributed by atoms with E-state index in [0.717, 1.165) is 23.2 Å². The number of benzene rings is 1. The van der Waals surface area contributed by atoms with Crippen LogP contribution < -0.4 is 5.69 Å². The highest BCUT2D eigenvalue weighted by molar-refractivity contribution is 5.42. The fraction of sp³-hybridized carbons (Fsp3) is 0.267. The summed E-state index contributed by atoms with van der Waals surface area (Å²) in [6.45, 7) is 3.67. The monoisotopic (exact) mass is 320 g/mol. The van der Waals surface area contributed by atoms with E-state index in [0.29, 0.717) is 0 Å². The van der Waals surface area contributed by atoms with Crippen LogP contribution in [0.5, 0.6) is 0 Å². The van der Waals surface area contributed by atoms with E-state index >= 15 is 0 Å². The maximum absolute atomic E-state index is 12.9. The van der Waals surface area contributed by atoms with Crippen LogP contribution in [0.2, 0.25) is 0 Å². The Balaban J connectivity index is 2.08. The molecule has 0 N–H and O–H groups in total. The van der Waals surface area contributed by atoms with Crippen LogP contribution >= 0.6 is 0 Å². The van der Waals surface area contributed by atoms with Crippen LogP contribution in [-0.2, 0) is 6.54 Å². The molecule has 3 rings (SSSR count). The normalized spacial score (nSPS) is 11.3. The zero-order chi connectivity index (χ0) is 16.6. The van der Waals surface area contributed by atoms with Gasteiger partial charge in [0.15, 0.2) is 12.2 Å². The molecule has 6 nitrogen and oxygen atoms in total. The van der Waals surface area contributed by atoms with Gasteiger partial charge in [0.2, 0.25) is 0 Å². The summed E-state index contributed by atoms with van der Waals surface area (Å²) in [5.74, 6) is -0.536. The molecular formula is C15H14F2N4O2. The summed E-state index contributed by atoms with van der Waals surface area (Å²) >= 11 is 0. The van der Waals surface area contributed by atoms with Crippen LogP contribution in [0.25, 0.3) is 5.69 Å². The SMILES string of the molecule is Cc1ccc(C)c(-n2cnc(=O)n2Cc2ncoc2C(F)F)c1. The van der Waals surface area contributed by atoms with Crippen molar-refractivity contribution in [1.29, 1.82) is 0 Å². The van der Waals surface area contributed by atoms with Crippen LogP contribution in [0.1, 0.15) is 29.0 Å². The van der Waals surface area contributed by atoms with Gasteiger partial charge in [0, 0.05) is 0 Å². The van der Waals surface area contributed by atoms with Gasteiger partial charge in [-0.2, -0.15) is 4.98 Å². The third-order valence-electron chi connectivity index (χ3n) is 3.54. The molecule has 1 aromatic carbocycles. The minimum Gasteiger partial charge on any atom is -0.442 e. The summed E-state index contributed by atoms with van der Waals surface area (Å²) in [6, 6.07) is 5.76. The maximum Gasteiger partial charge on any atom is 0.364 e. The van der Waals surface area contributed by atoms with Crippen LogP contribution in [0.15, 0.2) is 40.1 Å². The van der Waals surface area contributed by atoms with Gasteiger partial charge in [-0.1, -0.05) is 12.1 Å². The first-order valence-corrected chi connectivity index (χ1v) is 6.90. The zero-order valence-corrected chi connectivity index (χ0v) is 12.5. The molecule has 0 radical (unpaired) electrons. The molecule has 3 aromatic rings. The minimum atomic E-state index is -2.79. The fourth-order valence-corrected chi connectivity index (χ4v) is 2.34. The largest absolute Gasteiger partial charge is 0.442 e. The van der Waals surface area contributed by atoms with E-state index in [4.69, 9.17) is 4.42 Å². The Bertz CT molecular complexity index is 895. The number of hydrogen-bond donors (Lipinski definition) is 0. The number of halogens is 2. The lowest BCUT2D eigenvalue weighted by Gasteiger charge is -2.13. The number of oxazole rings is 1. The summed E-state index contributed by atoms with van der Waals surface area (Å²) in [7, 11) is 0. The second-order valence-electron chi connectivity index (χ2n) is 5.18. The summed E-state index contributed by atoms with van der Waals surface area (Å²) in [4.78, 5) is 19.5. The van der Waals surface area contributed by atoms with Crippen molar-refractivity contribution < 1.29 is 13.2 Å². The van der Waals surface area contributed by atoms with Gasteiger partial charge >= 0.3 is 5.69 Å². The van der Waals surface area contributed by atoms with Gasteiger partial charge in [-0.15, -0.1) is 0 Å². The second-order valence-corrected chi connectivity index (χ2v) is 5.18. The molecule has 23 heavy (non-hydrogen) atoms. The molecule has 120 valence electrons. The molecule has 0 bridgehead atoms. The first kappa shape index (κ1) is 15.1. The van der Waals surface area contributed by atoms with Crippen molar-refractivity contribution in [3.05, 3.63) is 64.0 Å². The molecule has 0 saturated carbocycles. The molecule has 0 spiro atoms. The Kier molecular flexibility index (Phi) is 3.81. The van der Waals surface area contributed by atoms with E-state index in [-0.39, 0.29) is 12.2 Å². The molecular weight excluding hydrogens is 306 g/mol. The Morgan fingerprint density at radius 2 is 2.04 bits per heavy atom. The lowest BCUT2D eigenvalue weighted by Crippen LogP contribution is -2.24. The third-order valence-corrected chi connectivity index (χ3v) is 3.54. The molecule has 0 aliphatic heterocycles. The van der Waals surface area contributed by atoms with E-state index in [9.17, 15) is 13.6 Å². The Labute approximate surface area is 130 Å². The molecule has 0 aliphatic carbocycles. The van der Waals surface area contributed by atoms with Crippen molar-refractivity contribution in [2.24, 2.45) is 0 Å². The lowest BCUT2D eigenvalue weighted by atomic mass is 10.1. The van der Waals surface area contributed by atoms with E-state index in [1.165, 1.54) is 15.7 Å². The highest BCUT2D eigenvalue weighted by Crippen LogP contribution is 2.23. The quantitative estimate of drug-likeness (QED) is 0.741. The van der Waals surface area contributed by atoms with Crippen LogP contribution in [-0.4, -0.2) is 19.3 Å². The Morgan fingerprint density at radius 3 is 2.78 bits per heavy atom. The number of alkyl halides is 2. The smallest absolute Gasteiger partial charge is 0.364 e. The topological polar surface area (TPSA) is 65.8 Å². The number of rotatable bonds is 4. The Morgan fingerprint density at radius 1 is 1.26 bits per heavy atom. The summed E-state index contributed by atoms with van der Waals surface area (Å²) in [5, 5.41) is 0. The average Bonchev–Trinajstić information content (AvgIpc) is 3.10. The van der Waals surface area contributed by atoms with Crippen molar-refractivity contribution in [1.82, 2.24) is 19.3 Å². The zero-order valence-electron chi connectivity index (χ0n) is 12.5. The third kappa shape index (κ3) is 2.79. The van der Waals surface area contributed by atoms with Crippen LogP contribution in [0.3, 0.4) is 0 Å². The highest BCUT2D eigenvalue weighted by atomic mass is 19.3. The minimum absolute atomic E-state index is 0.00848. The number of hydrogen-bond acceptors (Lipinski definition) is 4. The number of aromatic nitrogens is 4. The van der Waals surface area contributed by atoms with Crippen molar-refractivity contribution in [3.8, 4) is 5.69 Å². The first-order chi connectivity index (χ1) is 11.0.